The van der Waals surface area contributed by atoms with Crippen molar-refractivity contribution in [2.45, 2.75) is 45.7 Å². The summed E-state index contributed by atoms with van der Waals surface area (Å²) in [6, 6.07) is 12.4. The van der Waals surface area contributed by atoms with Crippen LogP contribution in [0.2, 0.25) is 0 Å². The highest BCUT2D eigenvalue weighted by Gasteiger charge is 2.16. The van der Waals surface area contributed by atoms with Gasteiger partial charge in [0.2, 0.25) is 11.9 Å². The van der Waals surface area contributed by atoms with Crippen molar-refractivity contribution in [3.63, 3.8) is 0 Å². The average Bonchev–Trinajstić information content (AvgIpc) is 3.23. The summed E-state index contributed by atoms with van der Waals surface area (Å²) < 4.78 is 1.75. The molecule has 0 aliphatic carbocycles. The minimum Gasteiger partial charge on any atom is -0.396 e. The molecule has 3 heterocycles. The summed E-state index contributed by atoms with van der Waals surface area (Å²) in [5.74, 6) is 1.44. The lowest BCUT2D eigenvalue weighted by molar-refractivity contribution is 0.282. The Labute approximate surface area is 187 Å². The number of hydrogen-bond donors (Lipinski definition) is 3. The van der Waals surface area contributed by atoms with Crippen LogP contribution in [-0.2, 0) is 6.54 Å². The van der Waals surface area contributed by atoms with Crippen molar-refractivity contribution in [1.29, 1.82) is 0 Å². The second-order valence-corrected chi connectivity index (χ2v) is 8.21. The SMILES string of the molecule is CC(CCO)Nc1nc(NCc2ccc(-c3cccnc3)cc2)n2ncc(C(C)C)c2n1. The highest BCUT2D eigenvalue weighted by Crippen LogP contribution is 2.23. The number of benzene rings is 1. The number of pyridine rings is 1. The Bertz CT molecular complexity index is 1160. The van der Waals surface area contributed by atoms with E-state index >= 15 is 0 Å². The fourth-order valence-electron chi connectivity index (χ4n) is 3.50. The molecule has 0 saturated heterocycles. The van der Waals surface area contributed by atoms with Crippen LogP contribution in [0.1, 0.15) is 44.2 Å². The van der Waals surface area contributed by atoms with Crippen molar-refractivity contribution in [3.05, 3.63) is 66.1 Å². The van der Waals surface area contributed by atoms with Gasteiger partial charge in [-0.1, -0.05) is 44.2 Å². The van der Waals surface area contributed by atoms with Gasteiger partial charge >= 0.3 is 0 Å². The zero-order valence-electron chi connectivity index (χ0n) is 18.7. The molecule has 3 aromatic heterocycles. The molecule has 4 aromatic rings. The third-order valence-electron chi connectivity index (χ3n) is 5.35. The minimum absolute atomic E-state index is 0.0562. The van der Waals surface area contributed by atoms with Gasteiger partial charge in [0.15, 0.2) is 5.65 Å². The largest absolute Gasteiger partial charge is 0.396 e. The molecule has 8 nitrogen and oxygen atoms in total. The predicted octanol–water partition coefficient (Wildman–Crippen LogP) is 4.10. The number of aliphatic hydroxyl groups is 1. The third-order valence-corrected chi connectivity index (χ3v) is 5.35. The maximum Gasteiger partial charge on any atom is 0.229 e. The summed E-state index contributed by atoms with van der Waals surface area (Å²) >= 11 is 0. The molecule has 3 N–H and O–H groups in total. The summed E-state index contributed by atoms with van der Waals surface area (Å²) in [5.41, 5.74) is 5.19. The molecule has 1 unspecified atom stereocenters. The molecule has 0 bridgehead atoms. The van der Waals surface area contributed by atoms with Gasteiger partial charge in [0.05, 0.1) is 6.20 Å². The Hall–Kier alpha value is -3.52. The second kappa shape index (κ2) is 9.74. The Balaban J connectivity index is 1.57. The summed E-state index contributed by atoms with van der Waals surface area (Å²) in [7, 11) is 0. The molecule has 0 spiro atoms. The Morgan fingerprint density at radius 3 is 2.50 bits per heavy atom. The number of aromatic nitrogens is 5. The number of nitrogens with zero attached hydrogens (tertiary/aromatic N) is 5. The van der Waals surface area contributed by atoms with E-state index in [2.05, 4.69) is 63.8 Å². The van der Waals surface area contributed by atoms with Crippen molar-refractivity contribution < 1.29 is 5.11 Å². The van der Waals surface area contributed by atoms with Crippen molar-refractivity contribution in [2.75, 3.05) is 17.2 Å². The lowest BCUT2D eigenvalue weighted by Gasteiger charge is -2.15. The van der Waals surface area contributed by atoms with Crippen LogP contribution in [0.15, 0.2) is 55.0 Å². The number of rotatable bonds is 9. The van der Waals surface area contributed by atoms with Gasteiger partial charge in [-0.3, -0.25) is 4.98 Å². The van der Waals surface area contributed by atoms with Crippen LogP contribution in [0.5, 0.6) is 0 Å². The van der Waals surface area contributed by atoms with E-state index in [1.807, 2.05) is 31.5 Å². The topological polar surface area (TPSA) is 100 Å². The molecule has 166 valence electrons. The first-order chi connectivity index (χ1) is 15.5. The predicted molar refractivity (Wildman–Crippen MR) is 127 cm³/mol. The smallest absolute Gasteiger partial charge is 0.229 e. The first-order valence-electron chi connectivity index (χ1n) is 10.9. The maximum atomic E-state index is 9.22. The van der Waals surface area contributed by atoms with Crippen molar-refractivity contribution in [2.24, 2.45) is 0 Å². The fourth-order valence-corrected chi connectivity index (χ4v) is 3.50. The van der Waals surface area contributed by atoms with Crippen LogP contribution in [0.4, 0.5) is 11.9 Å². The number of fused-ring (bicyclic) bond motifs is 1. The van der Waals surface area contributed by atoms with E-state index < -0.39 is 0 Å². The molecule has 1 aromatic carbocycles. The summed E-state index contributed by atoms with van der Waals surface area (Å²) in [5, 5.41) is 20.4. The van der Waals surface area contributed by atoms with Gasteiger partial charge in [0, 0.05) is 37.2 Å². The molecular weight excluding hydrogens is 402 g/mol. The van der Waals surface area contributed by atoms with Crippen LogP contribution < -0.4 is 10.6 Å². The maximum absolute atomic E-state index is 9.22. The van der Waals surface area contributed by atoms with Gasteiger partial charge < -0.3 is 15.7 Å². The number of anilines is 2. The number of nitrogens with one attached hydrogen (secondary N) is 2. The van der Waals surface area contributed by atoms with E-state index in [-0.39, 0.29) is 18.6 Å². The first-order valence-corrected chi connectivity index (χ1v) is 10.9. The molecule has 1 atom stereocenters. The van der Waals surface area contributed by atoms with Crippen LogP contribution in [0.3, 0.4) is 0 Å². The zero-order chi connectivity index (χ0) is 22.5. The van der Waals surface area contributed by atoms with Crippen molar-refractivity contribution >= 4 is 17.5 Å². The summed E-state index contributed by atoms with van der Waals surface area (Å²) in [6.45, 7) is 6.96. The quantitative estimate of drug-likeness (QED) is 0.367. The molecule has 0 saturated carbocycles. The summed E-state index contributed by atoms with van der Waals surface area (Å²) in [4.78, 5) is 13.5. The highest BCUT2D eigenvalue weighted by atomic mass is 16.3. The monoisotopic (exact) mass is 431 g/mol. The van der Waals surface area contributed by atoms with E-state index in [0.29, 0.717) is 24.9 Å². The lowest BCUT2D eigenvalue weighted by Crippen LogP contribution is -2.20. The number of aliphatic hydroxyl groups excluding tert-OH is 1. The molecule has 0 aliphatic heterocycles. The van der Waals surface area contributed by atoms with E-state index in [1.54, 1.807) is 10.7 Å². The second-order valence-electron chi connectivity index (χ2n) is 8.21. The van der Waals surface area contributed by atoms with Crippen molar-refractivity contribution in [3.8, 4) is 11.1 Å². The van der Waals surface area contributed by atoms with Gasteiger partial charge in [-0.25, -0.2) is 0 Å². The van der Waals surface area contributed by atoms with Gasteiger partial charge in [-0.15, -0.1) is 0 Å². The Kier molecular flexibility index (Phi) is 6.61. The zero-order valence-corrected chi connectivity index (χ0v) is 18.7. The average molecular weight is 432 g/mol. The van der Waals surface area contributed by atoms with Gasteiger partial charge in [-0.2, -0.15) is 19.6 Å². The molecular formula is C24H29N7O. The molecule has 32 heavy (non-hydrogen) atoms. The first kappa shape index (κ1) is 21.7. The lowest BCUT2D eigenvalue weighted by atomic mass is 10.1. The van der Waals surface area contributed by atoms with Crippen LogP contribution >= 0.6 is 0 Å². The van der Waals surface area contributed by atoms with Crippen LogP contribution in [0.25, 0.3) is 16.8 Å². The Morgan fingerprint density at radius 1 is 1.00 bits per heavy atom. The van der Waals surface area contributed by atoms with Crippen LogP contribution in [0, 0.1) is 0 Å². The van der Waals surface area contributed by atoms with Crippen molar-refractivity contribution in [1.82, 2.24) is 24.6 Å². The highest BCUT2D eigenvalue weighted by molar-refractivity contribution is 5.62. The molecule has 0 fully saturated rings. The molecule has 4 rings (SSSR count). The molecule has 0 radical (unpaired) electrons. The normalized spacial score (nSPS) is 12.3. The van der Waals surface area contributed by atoms with Gasteiger partial charge in [0.25, 0.3) is 0 Å². The standard InChI is InChI=1S/C24H29N7O/c1-16(2)21-15-27-31-22(21)29-23(28-17(3)10-12-32)30-24(31)26-13-18-6-8-19(9-7-18)20-5-4-11-25-14-20/h4-9,11,14-17,32H,10,12-13H2,1-3H3,(H2,26,28,29,30). The molecule has 8 heteroatoms. The van der Waals surface area contributed by atoms with E-state index in [0.717, 1.165) is 27.9 Å². The minimum atomic E-state index is 0.0562. The van der Waals surface area contributed by atoms with Gasteiger partial charge in [-0.05, 0) is 42.0 Å². The van der Waals surface area contributed by atoms with E-state index in [1.165, 1.54) is 0 Å². The van der Waals surface area contributed by atoms with E-state index in [4.69, 9.17) is 4.98 Å². The number of hydrogen-bond acceptors (Lipinski definition) is 7. The molecule has 0 amide bonds. The van der Waals surface area contributed by atoms with E-state index in [9.17, 15) is 5.11 Å². The summed E-state index contributed by atoms with van der Waals surface area (Å²) in [6.07, 6.45) is 6.11. The van der Waals surface area contributed by atoms with Crippen LogP contribution in [-0.4, -0.2) is 42.3 Å². The Morgan fingerprint density at radius 2 is 1.81 bits per heavy atom. The fraction of sp³-hybridized carbons (Fsp3) is 0.333. The molecule has 0 aliphatic rings. The van der Waals surface area contributed by atoms with Gasteiger partial charge in [0.1, 0.15) is 0 Å². The third kappa shape index (κ3) is 4.86.